The van der Waals surface area contributed by atoms with Crippen molar-refractivity contribution in [2.24, 2.45) is 0 Å². The molecule has 1 saturated heterocycles. The molecule has 1 amide bonds. The van der Waals surface area contributed by atoms with E-state index in [4.69, 9.17) is 9.47 Å². The van der Waals surface area contributed by atoms with Crippen molar-refractivity contribution in [3.05, 3.63) is 0 Å². The minimum Gasteiger partial charge on any atom is -0.378 e. The van der Waals surface area contributed by atoms with Crippen LogP contribution in [0.15, 0.2) is 0 Å². The van der Waals surface area contributed by atoms with Gasteiger partial charge in [-0.1, -0.05) is 6.92 Å². The summed E-state index contributed by atoms with van der Waals surface area (Å²) in [5.41, 5.74) is -0.408. The first-order chi connectivity index (χ1) is 8.43. The lowest BCUT2D eigenvalue weighted by Crippen LogP contribution is -2.49. The van der Waals surface area contributed by atoms with E-state index in [1.165, 1.54) is 0 Å². The average Bonchev–Trinajstić information content (AvgIpc) is 2.78. The Morgan fingerprint density at radius 2 is 2.22 bits per heavy atom. The quantitative estimate of drug-likeness (QED) is 0.705. The van der Waals surface area contributed by atoms with Gasteiger partial charge in [0, 0.05) is 32.2 Å². The summed E-state index contributed by atoms with van der Waals surface area (Å²) in [5, 5.41) is 6.14. The first kappa shape index (κ1) is 15.4. The first-order valence-corrected chi connectivity index (χ1v) is 6.58. The summed E-state index contributed by atoms with van der Waals surface area (Å²) >= 11 is 0. The standard InChI is InChI=1S/C13H26N2O3/c1-5-12(2,3)15-11(16)8-14-9-13(17-4)6-7-18-10-13/h14H,5-10H2,1-4H3,(H,15,16). The molecular formula is C13H26N2O3. The summed E-state index contributed by atoms with van der Waals surface area (Å²) < 4.78 is 10.8. The molecule has 2 N–H and O–H groups in total. The Balaban J connectivity index is 2.27. The molecule has 1 unspecified atom stereocenters. The van der Waals surface area contributed by atoms with E-state index in [1.54, 1.807) is 7.11 Å². The smallest absolute Gasteiger partial charge is 0.234 e. The van der Waals surface area contributed by atoms with Crippen molar-refractivity contribution in [2.45, 2.75) is 44.8 Å². The second-order valence-corrected chi connectivity index (χ2v) is 5.58. The number of rotatable bonds is 7. The Morgan fingerprint density at radius 3 is 2.72 bits per heavy atom. The Hall–Kier alpha value is -0.650. The molecule has 0 spiro atoms. The normalized spacial score (nSPS) is 24.2. The summed E-state index contributed by atoms with van der Waals surface area (Å²) in [4.78, 5) is 11.7. The summed E-state index contributed by atoms with van der Waals surface area (Å²) in [6.07, 6.45) is 1.78. The van der Waals surface area contributed by atoms with Crippen molar-refractivity contribution >= 4 is 5.91 Å². The van der Waals surface area contributed by atoms with Crippen LogP contribution in [0.2, 0.25) is 0 Å². The predicted molar refractivity (Wildman–Crippen MR) is 70.6 cm³/mol. The van der Waals surface area contributed by atoms with Gasteiger partial charge in [0.25, 0.3) is 0 Å². The third-order valence-electron chi connectivity index (χ3n) is 3.59. The van der Waals surface area contributed by atoms with Crippen molar-refractivity contribution in [3.63, 3.8) is 0 Å². The highest BCUT2D eigenvalue weighted by Gasteiger charge is 2.34. The van der Waals surface area contributed by atoms with E-state index in [9.17, 15) is 4.79 Å². The molecule has 0 aromatic heterocycles. The van der Waals surface area contributed by atoms with Crippen LogP contribution in [-0.2, 0) is 14.3 Å². The van der Waals surface area contributed by atoms with Crippen molar-refractivity contribution < 1.29 is 14.3 Å². The van der Waals surface area contributed by atoms with Gasteiger partial charge >= 0.3 is 0 Å². The number of methoxy groups -OCH3 is 1. The van der Waals surface area contributed by atoms with Gasteiger partial charge < -0.3 is 20.1 Å². The maximum Gasteiger partial charge on any atom is 0.234 e. The van der Waals surface area contributed by atoms with Crippen LogP contribution < -0.4 is 10.6 Å². The number of hydrogen-bond donors (Lipinski definition) is 2. The number of ether oxygens (including phenoxy) is 2. The molecule has 0 bridgehead atoms. The lowest BCUT2D eigenvalue weighted by atomic mass is 10.0. The van der Waals surface area contributed by atoms with Crippen LogP contribution >= 0.6 is 0 Å². The van der Waals surface area contributed by atoms with Gasteiger partial charge in [0.15, 0.2) is 0 Å². The molecule has 0 radical (unpaired) electrons. The fraction of sp³-hybridized carbons (Fsp3) is 0.923. The number of amides is 1. The molecule has 0 aromatic rings. The van der Waals surface area contributed by atoms with E-state index in [1.807, 2.05) is 13.8 Å². The summed E-state index contributed by atoms with van der Waals surface area (Å²) in [6.45, 7) is 8.38. The largest absolute Gasteiger partial charge is 0.378 e. The Morgan fingerprint density at radius 1 is 1.50 bits per heavy atom. The van der Waals surface area contributed by atoms with Crippen molar-refractivity contribution in [3.8, 4) is 0 Å². The van der Waals surface area contributed by atoms with E-state index in [0.717, 1.165) is 19.4 Å². The molecule has 5 nitrogen and oxygen atoms in total. The predicted octanol–water partition coefficient (Wildman–Crippen LogP) is 0.686. The minimum atomic E-state index is -0.263. The van der Waals surface area contributed by atoms with Gasteiger partial charge in [0.2, 0.25) is 5.91 Å². The van der Waals surface area contributed by atoms with Crippen LogP contribution in [-0.4, -0.2) is 50.5 Å². The monoisotopic (exact) mass is 258 g/mol. The van der Waals surface area contributed by atoms with E-state index in [2.05, 4.69) is 17.6 Å². The zero-order valence-electron chi connectivity index (χ0n) is 12.0. The van der Waals surface area contributed by atoms with Crippen LogP contribution in [0.5, 0.6) is 0 Å². The van der Waals surface area contributed by atoms with E-state index >= 15 is 0 Å². The topological polar surface area (TPSA) is 59.6 Å². The highest BCUT2D eigenvalue weighted by molar-refractivity contribution is 5.78. The number of carbonyl (C=O) groups excluding carboxylic acids is 1. The van der Waals surface area contributed by atoms with E-state index in [0.29, 0.717) is 19.7 Å². The molecule has 1 heterocycles. The number of hydrogen-bond acceptors (Lipinski definition) is 4. The van der Waals surface area contributed by atoms with Gasteiger partial charge in [-0.25, -0.2) is 0 Å². The molecule has 0 aliphatic carbocycles. The number of carbonyl (C=O) groups is 1. The van der Waals surface area contributed by atoms with Gasteiger partial charge in [0.1, 0.15) is 5.60 Å². The Labute approximate surface area is 110 Å². The fourth-order valence-electron chi connectivity index (χ4n) is 1.87. The summed E-state index contributed by atoms with van der Waals surface area (Å²) in [5.74, 6) is 0.0204. The molecule has 106 valence electrons. The van der Waals surface area contributed by atoms with E-state index in [-0.39, 0.29) is 17.0 Å². The van der Waals surface area contributed by atoms with Gasteiger partial charge in [-0.05, 0) is 20.3 Å². The maximum atomic E-state index is 11.7. The van der Waals surface area contributed by atoms with Crippen LogP contribution in [0.3, 0.4) is 0 Å². The first-order valence-electron chi connectivity index (χ1n) is 6.58. The van der Waals surface area contributed by atoms with Gasteiger partial charge in [0.05, 0.1) is 13.2 Å². The molecule has 18 heavy (non-hydrogen) atoms. The van der Waals surface area contributed by atoms with Gasteiger partial charge in [-0.2, -0.15) is 0 Å². The highest BCUT2D eigenvalue weighted by atomic mass is 16.5. The average molecular weight is 258 g/mol. The molecule has 0 aromatic carbocycles. The maximum absolute atomic E-state index is 11.7. The molecule has 1 fully saturated rings. The van der Waals surface area contributed by atoms with Crippen molar-refractivity contribution in [2.75, 3.05) is 33.4 Å². The van der Waals surface area contributed by atoms with Gasteiger partial charge in [-0.15, -0.1) is 0 Å². The molecule has 1 aliphatic rings. The minimum absolute atomic E-state index is 0.0204. The van der Waals surface area contributed by atoms with Crippen molar-refractivity contribution in [1.29, 1.82) is 0 Å². The van der Waals surface area contributed by atoms with Gasteiger partial charge in [-0.3, -0.25) is 4.79 Å². The fourth-order valence-corrected chi connectivity index (χ4v) is 1.87. The molecule has 0 saturated carbocycles. The van der Waals surface area contributed by atoms with Crippen LogP contribution in [0, 0.1) is 0 Å². The van der Waals surface area contributed by atoms with Crippen LogP contribution in [0.4, 0.5) is 0 Å². The second-order valence-electron chi connectivity index (χ2n) is 5.58. The third-order valence-corrected chi connectivity index (χ3v) is 3.59. The summed E-state index contributed by atoms with van der Waals surface area (Å²) in [6, 6.07) is 0. The highest BCUT2D eigenvalue weighted by Crippen LogP contribution is 2.21. The molecule has 1 aliphatic heterocycles. The molecular weight excluding hydrogens is 232 g/mol. The van der Waals surface area contributed by atoms with Crippen LogP contribution in [0.25, 0.3) is 0 Å². The molecule has 5 heteroatoms. The Kier molecular flexibility index (Phi) is 5.56. The number of nitrogens with one attached hydrogen (secondary N) is 2. The lowest BCUT2D eigenvalue weighted by molar-refractivity contribution is -0.122. The SMILES string of the molecule is CCC(C)(C)NC(=O)CNCC1(OC)CCOC1. The van der Waals surface area contributed by atoms with Crippen molar-refractivity contribution in [1.82, 2.24) is 10.6 Å². The zero-order chi connectivity index (χ0) is 13.6. The van der Waals surface area contributed by atoms with E-state index < -0.39 is 0 Å². The summed E-state index contributed by atoms with van der Waals surface area (Å²) in [7, 11) is 1.69. The second kappa shape index (κ2) is 6.50. The van der Waals surface area contributed by atoms with Crippen LogP contribution in [0.1, 0.15) is 33.6 Å². The zero-order valence-corrected chi connectivity index (χ0v) is 12.0. The molecule has 1 atom stereocenters. The molecule has 1 rings (SSSR count). The lowest BCUT2D eigenvalue weighted by Gasteiger charge is -2.27. The Bertz CT molecular complexity index is 273. The third kappa shape index (κ3) is 4.55.